The number of halogens is 2. The number of nitrogens with zero attached hydrogens (tertiary/aromatic N) is 1. The number of carbonyl (C=O) groups excluding carboxylic acids is 2. The predicted molar refractivity (Wildman–Crippen MR) is 84.6 cm³/mol. The van der Waals surface area contributed by atoms with Gasteiger partial charge in [0, 0.05) is 25.9 Å². The zero-order chi connectivity index (χ0) is 17.7. The number of piperidine rings is 1. The molecular formula is C17H22F2N2O3. The highest BCUT2D eigenvalue weighted by molar-refractivity contribution is 5.80. The lowest BCUT2D eigenvalue weighted by atomic mass is 9.95. The Hall–Kier alpha value is -2.18. The van der Waals surface area contributed by atoms with Crippen molar-refractivity contribution in [2.45, 2.75) is 39.3 Å². The van der Waals surface area contributed by atoms with Crippen molar-refractivity contribution in [2.24, 2.45) is 5.92 Å². The van der Waals surface area contributed by atoms with Crippen LogP contribution in [0.4, 0.5) is 8.78 Å². The van der Waals surface area contributed by atoms with Gasteiger partial charge in [-0.1, -0.05) is 12.1 Å². The molecule has 0 bridgehead atoms. The van der Waals surface area contributed by atoms with Crippen molar-refractivity contribution < 1.29 is 23.1 Å². The van der Waals surface area contributed by atoms with E-state index in [2.05, 4.69) is 10.1 Å². The quantitative estimate of drug-likeness (QED) is 0.897. The summed E-state index contributed by atoms with van der Waals surface area (Å²) in [4.78, 5) is 25.4. The summed E-state index contributed by atoms with van der Waals surface area (Å²) in [7, 11) is 0. The van der Waals surface area contributed by atoms with E-state index in [4.69, 9.17) is 0 Å². The average molecular weight is 340 g/mol. The molecule has 1 atom stereocenters. The van der Waals surface area contributed by atoms with Crippen molar-refractivity contribution >= 4 is 11.8 Å². The maximum absolute atomic E-state index is 12.4. The third-order valence-electron chi connectivity index (χ3n) is 4.25. The second-order valence-corrected chi connectivity index (χ2v) is 5.96. The lowest BCUT2D eigenvalue weighted by Crippen LogP contribution is -2.42. The SMILES string of the molecule is CC(=O)N1CCC(C(=O)N[C@H](C)c2cccc(OC(F)F)c2)CC1. The standard InChI is InChI=1S/C17H22F2N2O3/c1-11(14-4-3-5-15(10-14)24-17(18)19)20-16(23)13-6-8-21(9-7-13)12(2)22/h3-5,10-11,13,17H,6-9H2,1-2H3,(H,20,23)/t11-/m1/s1. The van der Waals surface area contributed by atoms with E-state index in [0.717, 1.165) is 0 Å². The second-order valence-electron chi connectivity index (χ2n) is 5.96. The summed E-state index contributed by atoms with van der Waals surface area (Å²) < 4.78 is 28.9. The van der Waals surface area contributed by atoms with Crippen LogP contribution in [0.3, 0.4) is 0 Å². The monoisotopic (exact) mass is 340 g/mol. The van der Waals surface area contributed by atoms with E-state index < -0.39 is 6.61 Å². The third-order valence-corrected chi connectivity index (χ3v) is 4.25. The number of ether oxygens (including phenoxy) is 1. The van der Waals surface area contributed by atoms with Gasteiger partial charge in [0.1, 0.15) is 5.75 Å². The lowest BCUT2D eigenvalue weighted by molar-refractivity contribution is -0.134. The molecule has 2 rings (SSSR count). The van der Waals surface area contributed by atoms with Gasteiger partial charge in [-0.05, 0) is 37.5 Å². The van der Waals surface area contributed by atoms with Crippen molar-refractivity contribution in [1.29, 1.82) is 0 Å². The molecule has 1 heterocycles. The minimum atomic E-state index is -2.88. The fraction of sp³-hybridized carbons (Fsp3) is 0.529. The first-order valence-corrected chi connectivity index (χ1v) is 7.97. The molecule has 0 aliphatic carbocycles. The van der Waals surface area contributed by atoms with Gasteiger partial charge in [0.15, 0.2) is 0 Å². The lowest BCUT2D eigenvalue weighted by Gasteiger charge is -2.31. The van der Waals surface area contributed by atoms with Crippen LogP contribution in [0.2, 0.25) is 0 Å². The maximum Gasteiger partial charge on any atom is 0.387 e. The molecule has 0 saturated carbocycles. The summed E-state index contributed by atoms with van der Waals surface area (Å²) in [6.07, 6.45) is 1.26. The summed E-state index contributed by atoms with van der Waals surface area (Å²) in [6.45, 7) is 1.61. The van der Waals surface area contributed by atoms with Crippen LogP contribution in [0, 0.1) is 5.92 Å². The van der Waals surface area contributed by atoms with E-state index in [0.29, 0.717) is 31.5 Å². The average Bonchev–Trinajstić information content (AvgIpc) is 2.54. The predicted octanol–water partition coefficient (Wildman–Crippen LogP) is 2.72. The molecule has 0 radical (unpaired) electrons. The summed E-state index contributed by atoms with van der Waals surface area (Å²) in [6, 6.07) is 5.99. The Labute approximate surface area is 140 Å². The highest BCUT2D eigenvalue weighted by Gasteiger charge is 2.26. The maximum atomic E-state index is 12.4. The second kappa shape index (κ2) is 8.08. The molecule has 1 N–H and O–H groups in total. The number of amides is 2. The molecular weight excluding hydrogens is 318 g/mol. The number of alkyl halides is 2. The topological polar surface area (TPSA) is 58.6 Å². The first-order chi connectivity index (χ1) is 11.4. The normalized spacial score (nSPS) is 16.8. The van der Waals surface area contributed by atoms with Gasteiger partial charge >= 0.3 is 6.61 Å². The van der Waals surface area contributed by atoms with E-state index in [1.165, 1.54) is 19.1 Å². The number of benzene rings is 1. The Morgan fingerprint density at radius 3 is 2.54 bits per heavy atom. The van der Waals surface area contributed by atoms with E-state index in [9.17, 15) is 18.4 Å². The third kappa shape index (κ3) is 4.91. The van der Waals surface area contributed by atoms with Gasteiger partial charge in [-0.3, -0.25) is 9.59 Å². The van der Waals surface area contributed by atoms with Gasteiger partial charge in [0.2, 0.25) is 11.8 Å². The van der Waals surface area contributed by atoms with Gasteiger partial charge in [-0.2, -0.15) is 8.78 Å². The Kier molecular flexibility index (Phi) is 6.11. The fourth-order valence-corrected chi connectivity index (χ4v) is 2.83. The van der Waals surface area contributed by atoms with Crippen LogP contribution in [0.15, 0.2) is 24.3 Å². The number of hydrogen-bond acceptors (Lipinski definition) is 3. The molecule has 7 heteroatoms. The number of hydrogen-bond donors (Lipinski definition) is 1. The van der Waals surface area contributed by atoms with Gasteiger partial charge < -0.3 is 15.0 Å². The molecule has 1 saturated heterocycles. The van der Waals surface area contributed by atoms with E-state index >= 15 is 0 Å². The van der Waals surface area contributed by atoms with Crippen LogP contribution in [0.25, 0.3) is 0 Å². The van der Waals surface area contributed by atoms with Crippen molar-refractivity contribution in [1.82, 2.24) is 10.2 Å². The van der Waals surface area contributed by atoms with Crippen molar-refractivity contribution in [2.75, 3.05) is 13.1 Å². The molecule has 1 fully saturated rings. The van der Waals surface area contributed by atoms with E-state index in [-0.39, 0.29) is 29.5 Å². The van der Waals surface area contributed by atoms with Crippen molar-refractivity contribution in [3.05, 3.63) is 29.8 Å². The molecule has 24 heavy (non-hydrogen) atoms. The molecule has 0 spiro atoms. The molecule has 1 aromatic carbocycles. The summed E-state index contributed by atoms with van der Waals surface area (Å²) in [5, 5.41) is 2.91. The first-order valence-electron chi connectivity index (χ1n) is 7.97. The molecule has 0 unspecified atom stereocenters. The Balaban J connectivity index is 1.91. The van der Waals surface area contributed by atoms with Crippen molar-refractivity contribution in [3.8, 4) is 5.75 Å². The van der Waals surface area contributed by atoms with E-state index in [1.54, 1.807) is 24.0 Å². The summed E-state index contributed by atoms with van der Waals surface area (Å²) in [5.41, 5.74) is 0.697. The fourth-order valence-electron chi connectivity index (χ4n) is 2.83. The first kappa shape index (κ1) is 18.2. The smallest absolute Gasteiger partial charge is 0.387 e. The minimum absolute atomic E-state index is 0.0260. The van der Waals surface area contributed by atoms with Gasteiger partial charge in [-0.15, -0.1) is 0 Å². The molecule has 2 amide bonds. The van der Waals surface area contributed by atoms with Gasteiger partial charge in [-0.25, -0.2) is 0 Å². The molecule has 1 aliphatic rings. The molecule has 0 aromatic heterocycles. The summed E-state index contributed by atoms with van der Waals surface area (Å²) in [5.74, 6) is -0.120. The number of nitrogens with one attached hydrogen (secondary N) is 1. The zero-order valence-electron chi connectivity index (χ0n) is 13.8. The Morgan fingerprint density at radius 1 is 1.29 bits per heavy atom. The number of rotatable bonds is 5. The van der Waals surface area contributed by atoms with E-state index in [1.807, 2.05) is 0 Å². The van der Waals surface area contributed by atoms with Crippen molar-refractivity contribution in [3.63, 3.8) is 0 Å². The Morgan fingerprint density at radius 2 is 1.96 bits per heavy atom. The highest BCUT2D eigenvalue weighted by atomic mass is 19.3. The largest absolute Gasteiger partial charge is 0.435 e. The van der Waals surface area contributed by atoms with Crippen LogP contribution in [-0.4, -0.2) is 36.4 Å². The molecule has 1 aliphatic heterocycles. The molecule has 132 valence electrons. The highest BCUT2D eigenvalue weighted by Crippen LogP contribution is 2.23. The van der Waals surface area contributed by atoms with Gasteiger partial charge in [0.05, 0.1) is 6.04 Å². The van der Waals surface area contributed by atoms with Gasteiger partial charge in [0.25, 0.3) is 0 Å². The molecule has 1 aromatic rings. The van der Waals surface area contributed by atoms with Crippen LogP contribution in [-0.2, 0) is 9.59 Å². The Bertz CT molecular complexity index is 587. The van der Waals surface area contributed by atoms with Crippen LogP contribution < -0.4 is 10.1 Å². The zero-order valence-corrected chi connectivity index (χ0v) is 13.8. The van der Waals surface area contributed by atoms with Crippen LogP contribution in [0.5, 0.6) is 5.75 Å². The number of carbonyl (C=O) groups is 2. The summed E-state index contributed by atoms with van der Waals surface area (Å²) >= 11 is 0. The number of likely N-dealkylation sites (tertiary alicyclic amines) is 1. The van der Waals surface area contributed by atoms with Crippen LogP contribution >= 0.6 is 0 Å². The molecule has 5 nitrogen and oxygen atoms in total. The minimum Gasteiger partial charge on any atom is -0.435 e. The van der Waals surface area contributed by atoms with Crippen LogP contribution in [0.1, 0.15) is 38.3 Å².